The summed E-state index contributed by atoms with van der Waals surface area (Å²) in [5.74, 6) is 0.980. The maximum Gasteiger partial charge on any atom is 0.243 e. The molecule has 7 nitrogen and oxygen atoms in total. The van der Waals surface area contributed by atoms with Crippen molar-refractivity contribution in [3.05, 3.63) is 74.9 Å². The van der Waals surface area contributed by atoms with Gasteiger partial charge in [-0.1, -0.05) is 40.2 Å². The van der Waals surface area contributed by atoms with Crippen molar-refractivity contribution in [2.24, 2.45) is 0 Å². The van der Waals surface area contributed by atoms with E-state index in [9.17, 15) is 9.59 Å². The number of thioether (sulfide) groups is 1. The molecule has 1 amide bonds. The molecule has 0 saturated heterocycles. The van der Waals surface area contributed by atoms with Gasteiger partial charge in [-0.3, -0.25) is 9.59 Å². The fourth-order valence-corrected chi connectivity index (χ4v) is 4.58. The van der Waals surface area contributed by atoms with Crippen LogP contribution in [0.3, 0.4) is 0 Å². The number of carbonyl (C=O) groups excluding carboxylic acids is 2. The number of hydrogen-bond donors (Lipinski definition) is 0. The molecular formula is C22H19BrN4O3S. The van der Waals surface area contributed by atoms with Crippen LogP contribution in [0, 0.1) is 0 Å². The molecule has 0 fully saturated rings. The highest BCUT2D eigenvalue weighted by molar-refractivity contribution is 9.10. The molecule has 0 saturated carbocycles. The van der Waals surface area contributed by atoms with Crippen molar-refractivity contribution in [2.45, 2.75) is 25.4 Å². The molecule has 2 aromatic carbocycles. The number of rotatable bonds is 5. The van der Waals surface area contributed by atoms with Gasteiger partial charge in [-0.2, -0.15) is 0 Å². The van der Waals surface area contributed by atoms with Crippen molar-refractivity contribution >= 4 is 45.1 Å². The van der Waals surface area contributed by atoms with Crippen LogP contribution in [0.5, 0.6) is 5.75 Å². The zero-order chi connectivity index (χ0) is 22.1. The van der Waals surface area contributed by atoms with E-state index >= 15 is 0 Å². The summed E-state index contributed by atoms with van der Waals surface area (Å²) >= 11 is 4.66. The van der Waals surface area contributed by atoms with Crippen LogP contribution < -0.4 is 9.75 Å². The molecule has 1 aliphatic rings. The number of aromatic nitrogens is 3. The Balaban J connectivity index is 1.82. The highest BCUT2D eigenvalue weighted by atomic mass is 79.9. The Morgan fingerprint density at radius 3 is 2.29 bits per heavy atom. The fraction of sp³-hybridized carbons (Fsp3) is 0.182. The number of carbonyl (C=O) groups is 2. The maximum atomic E-state index is 12.8. The van der Waals surface area contributed by atoms with Gasteiger partial charge in [-0.15, -0.1) is 10.2 Å². The fourth-order valence-electron chi connectivity index (χ4n) is 3.33. The Kier molecular flexibility index (Phi) is 5.97. The third-order valence-electron chi connectivity index (χ3n) is 4.75. The first-order valence-corrected chi connectivity index (χ1v) is 11.1. The number of benzene rings is 2. The summed E-state index contributed by atoms with van der Waals surface area (Å²) < 4.78 is 7.82. The second-order valence-electron chi connectivity index (χ2n) is 6.91. The number of amides is 1. The smallest absolute Gasteiger partial charge is 0.243 e. The predicted octanol–water partition coefficient (Wildman–Crippen LogP) is 4.19. The van der Waals surface area contributed by atoms with Crippen molar-refractivity contribution < 1.29 is 14.3 Å². The van der Waals surface area contributed by atoms with E-state index in [0.717, 1.165) is 21.3 Å². The van der Waals surface area contributed by atoms with Crippen LogP contribution in [0.1, 0.15) is 30.8 Å². The van der Waals surface area contributed by atoms with Crippen LogP contribution in [0.2, 0.25) is 0 Å². The first-order valence-electron chi connectivity index (χ1n) is 9.46. The number of Topliss-reactive ketones (excluding diaryl/α,β-unsaturated/α-hetero) is 1. The number of hydrogen-bond acceptors (Lipinski definition) is 6. The Labute approximate surface area is 192 Å². The van der Waals surface area contributed by atoms with Crippen LogP contribution >= 0.6 is 27.7 Å². The number of nitrogens with zero attached hydrogens (tertiary/aromatic N) is 4. The average molecular weight is 499 g/mol. The van der Waals surface area contributed by atoms with E-state index in [4.69, 9.17) is 4.74 Å². The number of fused-ring (bicyclic) bond motifs is 1. The lowest BCUT2D eigenvalue weighted by Crippen LogP contribution is -2.41. The van der Waals surface area contributed by atoms with Crippen molar-refractivity contribution in [1.82, 2.24) is 14.9 Å². The van der Waals surface area contributed by atoms with Crippen molar-refractivity contribution in [2.75, 3.05) is 12.1 Å². The van der Waals surface area contributed by atoms with Gasteiger partial charge in [0.1, 0.15) is 5.75 Å². The van der Waals surface area contributed by atoms with Crippen molar-refractivity contribution in [3.63, 3.8) is 0 Å². The zero-order valence-corrected chi connectivity index (χ0v) is 19.5. The monoisotopic (exact) mass is 498 g/mol. The van der Waals surface area contributed by atoms with Gasteiger partial charge in [-0.05, 0) is 48.5 Å². The van der Waals surface area contributed by atoms with Gasteiger partial charge in [0.2, 0.25) is 11.1 Å². The molecule has 1 aliphatic heterocycles. The Bertz CT molecular complexity index is 1190. The third-order valence-corrected chi connectivity index (χ3v) is 6.40. The Hall–Kier alpha value is -2.91. The van der Waals surface area contributed by atoms with E-state index < -0.39 is 0 Å². The SMILES string of the molecule is COc1ccc(Cc2nnc3n2N(C(C)=O)C(c2ccc(Br)cc2)=C(C(C)=O)S3)cc1. The van der Waals surface area contributed by atoms with Gasteiger partial charge < -0.3 is 4.74 Å². The molecule has 31 heavy (non-hydrogen) atoms. The van der Waals surface area contributed by atoms with Crippen molar-refractivity contribution in [3.8, 4) is 5.75 Å². The van der Waals surface area contributed by atoms with Crippen molar-refractivity contribution in [1.29, 1.82) is 0 Å². The Morgan fingerprint density at radius 2 is 1.71 bits per heavy atom. The van der Waals surface area contributed by atoms with Gasteiger partial charge in [0.25, 0.3) is 0 Å². The average Bonchev–Trinajstić information content (AvgIpc) is 3.15. The number of ether oxygens (including phenoxy) is 1. The highest BCUT2D eigenvalue weighted by Crippen LogP contribution is 2.40. The van der Waals surface area contributed by atoms with Gasteiger partial charge in [-0.25, -0.2) is 9.69 Å². The summed E-state index contributed by atoms with van der Waals surface area (Å²) in [4.78, 5) is 25.8. The summed E-state index contributed by atoms with van der Waals surface area (Å²) in [6.45, 7) is 2.96. The third kappa shape index (κ3) is 4.15. The van der Waals surface area contributed by atoms with Crippen LogP contribution in [-0.2, 0) is 16.0 Å². The molecule has 0 spiro atoms. The summed E-state index contributed by atoms with van der Waals surface area (Å²) in [5.41, 5.74) is 2.28. The standard InChI is InChI=1S/C22H19BrN4O3S/c1-13(28)21-20(16-6-8-17(23)9-7-16)26(14(2)29)27-19(24-25-22(27)31-21)12-15-4-10-18(30-3)11-5-15/h4-11H,12H2,1-3H3. The number of methoxy groups -OCH3 is 1. The van der Waals surface area contributed by atoms with E-state index in [1.54, 1.807) is 11.8 Å². The van der Waals surface area contributed by atoms with Crippen LogP contribution in [-0.4, -0.2) is 33.7 Å². The molecule has 0 bridgehead atoms. The minimum atomic E-state index is -0.242. The summed E-state index contributed by atoms with van der Waals surface area (Å²) in [7, 11) is 1.62. The first kappa shape index (κ1) is 21.3. The van der Waals surface area contributed by atoms with Crippen LogP contribution in [0.15, 0.2) is 63.1 Å². The zero-order valence-electron chi connectivity index (χ0n) is 17.1. The van der Waals surface area contributed by atoms with Crippen LogP contribution in [0.25, 0.3) is 5.70 Å². The van der Waals surface area contributed by atoms with Gasteiger partial charge in [0.05, 0.1) is 17.7 Å². The highest BCUT2D eigenvalue weighted by Gasteiger charge is 2.34. The molecule has 9 heteroatoms. The lowest BCUT2D eigenvalue weighted by Gasteiger charge is -2.32. The second kappa shape index (κ2) is 8.68. The first-order chi connectivity index (χ1) is 14.9. The molecule has 0 radical (unpaired) electrons. The number of halogens is 1. The van der Waals surface area contributed by atoms with E-state index in [2.05, 4.69) is 26.1 Å². The number of allylic oxidation sites excluding steroid dienone is 1. The molecule has 2 heterocycles. The van der Waals surface area contributed by atoms with Gasteiger partial charge in [0, 0.05) is 23.4 Å². The second-order valence-corrected chi connectivity index (χ2v) is 8.80. The normalized spacial score (nSPS) is 13.2. The Morgan fingerprint density at radius 1 is 1.03 bits per heavy atom. The number of ketones is 1. The van der Waals surface area contributed by atoms with Gasteiger partial charge in [0.15, 0.2) is 11.6 Å². The molecule has 0 unspecified atom stereocenters. The maximum absolute atomic E-state index is 12.8. The molecule has 3 aromatic rings. The molecule has 158 valence electrons. The summed E-state index contributed by atoms with van der Waals surface area (Å²) in [6.07, 6.45) is 0.463. The molecular weight excluding hydrogens is 480 g/mol. The minimum absolute atomic E-state index is 0.139. The van der Waals surface area contributed by atoms with E-state index in [1.165, 1.54) is 30.6 Å². The lowest BCUT2D eigenvalue weighted by molar-refractivity contribution is -0.117. The minimum Gasteiger partial charge on any atom is -0.497 e. The molecule has 0 N–H and O–H groups in total. The molecule has 4 rings (SSSR count). The molecule has 0 aliphatic carbocycles. The van der Waals surface area contributed by atoms with Crippen LogP contribution in [0.4, 0.5) is 0 Å². The lowest BCUT2D eigenvalue weighted by atomic mass is 10.1. The predicted molar refractivity (Wildman–Crippen MR) is 122 cm³/mol. The quantitative estimate of drug-likeness (QED) is 0.524. The van der Waals surface area contributed by atoms with Gasteiger partial charge >= 0.3 is 0 Å². The topological polar surface area (TPSA) is 77.3 Å². The summed E-state index contributed by atoms with van der Waals surface area (Å²) in [5, 5.41) is 10.6. The summed E-state index contributed by atoms with van der Waals surface area (Å²) in [6, 6.07) is 15.1. The van der Waals surface area contributed by atoms with E-state index in [-0.39, 0.29) is 11.7 Å². The van der Waals surface area contributed by atoms with E-state index in [0.29, 0.717) is 28.0 Å². The largest absolute Gasteiger partial charge is 0.497 e. The molecule has 1 aromatic heterocycles. The van der Waals surface area contributed by atoms with E-state index in [1.807, 2.05) is 48.5 Å². The molecule has 0 atom stereocenters.